The standard InChI is InChI=1S/C20H22S/c1-16-19(18-11-6-3-7-12-18)13-8-14-20(16)21-15-17-9-4-2-5-10-17/h2-7,9-12,19H,8,13-15H2,1H3. The molecular formula is C20H22S. The minimum Gasteiger partial charge on any atom is -0.126 e. The van der Waals surface area contributed by atoms with E-state index in [1.807, 2.05) is 11.8 Å². The Morgan fingerprint density at radius 1 is 0.952 bits per heavy atom. The number of allylic oxidation sites excluding steroid dienone is 2. The normalized spacial score (nSPS) is 18.8. The summed E-state index contributed by atoms with van der Waals surface area (Å²) >= 11 is 2.04. The molecule has 108 valence electrons. The molecule has 0 radical (unpaired) electrons. The Hall–Kier alpha value is -1.47. The van der Waals surface area contributed by atoms with Gasteiger partial charge in [0.25, 0.3) is 0 Å². The van der Waals surface area contributed by atoms with Crippen molar-refractivity contribution in [3.63, 3.8) is 0 Å². The van der Waals surface area contributed by atoms with Crippen LogP contribution in [0.3, 0.4) is 0 Å². The van der Waals surface area contributed by atoms with E-state index in [0.29, 0.717) is 5.92 Å². The first kappa shape index (κ1) is 14.5. The van der Waals surface area contributed by atoms with Gasteiger partial charge in [0.05, 0.1) is 0 Å². The molecule has 0 amide bonds. The van der Waals surface area contributed by atoms with Gasteiger partial charge in [0.2, 0.25) is 0 Å². The average molecular weight is 294 g/mol. The van der Waals surface area contributed by atoms with Crippen molar-refractivity contribution < 1.29 is 0 Å². The van der Waals surface area contributed by atoms with E-state index in [2.05, 4.69) is 67.6 Å². The summed E-state index contributed by atoms with van der Waals surface area (Å²) in [6.45, 7) is 2.34. The maximum Gasteiger partial charge on any atom is 0.0228 e. The Kier molecular flexibility index (Phi) is 4.82. The molecule has 0 aromatic heterocycles. The van der Waals surface area contributed by atoms with Gasteiger partial charge in [-0.1, -0.05) is 66.2 Å². The molecule has 1 heteroatoms. The van der Waals surface area contributed by atoms with Gasteiger partial charge in [-0.3, -0.25) is 0 Å². The first-order valence-corrected chi connectivity index (χ1v) is 8.74. The molecule has 1 unspecified atom stereocenters. The third kappa shape index (κ3) is 3.59. The second-order valence-corrected chi connectivity index (χ2v) is 6.81. The smallest absolute Gasteiger partial charge is 0.0228 e. The Labute approximate surface area is 132 Å². The molecule has 21 heavy (non-hydrogen) atoms. The molecular weight excluding hydrogens is 272 g/mol. The molecule has 1 aliphatic rings. The lowest BCUT2D eigenvalue weighted by molar-refractivity contribution is 0.618. The maximum atomic E-state index is 2.34. The van der Waals surface area contributed by atoms with E-state index in [0.717, 1.165) is 5.75 Å². The monoisotopic (exact) mass is 294 g/mol. The van der Waals surface area contributed by atoms with Crippen LogP contribution in [0.15, 0.2) is 71.1 Å². The van der Waals surface area contributed by atoms with Gasteiger partial charge < -0.3 is 0 Å². The third-order valence-electron chi connectivity index (χ3n) is 4.32. The third-order valence-corrected chi connectivity index (χ3v) is 5.67. The minimum atomic E-state index is 0.623. The highest BCUT2D eigenvalue weighted by Gasteiger charge is 2.21. The van der Waals surface area contributed by atoms with Crippen LogP contribution in [-0.2, 0) is 5.75 Å². The summed E-state index contributed by atoms with van der Waals surface area (Å²) in [7, 11) is 0. The molecule has 0 aliphatic heterocycles. The molecule has 2 aromatic rings. The van der Waals surface area contributed by atoms with Crippen molar-refractivity contribution in [1.82, 2.24) is 0 Å². The van der Waals surface area contributed by atoms with E-state index in [1.165, 1.54) is 30.4 Å². The van der Waals surface area contributed by atoms with Crippen LogP contribution in [0.1, 0.15) is 43.2 Å². The van der Waals surface area contributed by atoms with Crippen LogP contribution in [0, 0.1) is 0 Å². The molecule has 0 nitrogen and oxygen atoms in total. The Morgan fingerprint density at radius 3 is 2.33 bits per heavy atom. The van der Waals surface area contributed by atoms with Gasteiger partial charge in [-0.2, -0.15) is 0 Å². The lowest BCUT2D eigenvalue weighted by atomic mass is 9.83. The number of hydrogen-bond acceptors (Lipinski definition) is 1. The molecule has 1 aliphatic carbocycles. The lowest BCUT2D eigenvalue weighted by Gasteiger charge is -2.27. The first-order valence-electron chi connectivity index (χ1n) is 7.76. The predicted octanol–water partition coefficient (Wildman–Crippen LogP) is 6.16. The van der Waals surface area contributed by atoms with Crippen LogP contribution >= 0.6 is 11.8 Å². The van der Waals surface area contributed by atoms with E-state index in [9.17, 15) is 0 Å². The zero-order valence-electron chi connectivity index (χ0n) is 12.6. The van der Waals surface area contributed by atoms with Crippen molar-refractivity contribution in [1.29, 1.82) is 0 Å². The van der Waals surface area contributed by atoms with E-state index >= 15 is 0 Å². The van der Waals surface area contributed by atoms with Gasteiger partial charge in [0.15, 0.2) is 0 Å². The summed E-state index contributed by atoms with van der Waals surface area (Å²) in [4.78, 5) is 1.61. The van der Waals surface area contributed by atoms with Crippen LogP contribution in [0.5, 0.6) is 0 Å². The first-order chi connectivity index (χ1) is 10.3. The topological polar surface area (TPSA) is 0 Å². The molecule has 0 saturated heterocycles. The van der Waals surface area contributed by atoms with Crippen molar-refractivity contribution in [2.24, 2.45) is 0 Å². The summed E-state index contributed by atoms with van der Waals surface area (Å²) in [5.74, 6) is 1.72. The van der Waals surface area contributed by atoms with Crippen LogP contribution in [0.4, 0.5) is 0 Å². The fourth-order valence-corrected chi connectivity index (χ4v) is 4.30. The van der Waals surface area contributed by atoms with Crippen molar-refractivity contribution >= 4 is 11.8 Å². The van der Waals surface area contributed by atoms with E-state index in [-0.39, 0.29) is 0 Å². The van der Waals surface area contributed by atoms with Gasteiger partial charge in [-0.25, -0.2) is 0 Å². The second kappa shape index (κ2) is 7.00. The van der Waals surface area contributed by atoms with Crippen LogP contribution in [0.25, 0.3) is 0 Å². The predicted molar refractivity (Wildman–Crippen MR) is 93.5 cm³/mol. The van der Waals surface area contributed by atoms with Gasteiger partial charge in [0.1, 0.15) is 0 Å². The number of hydrogen-bond donors (Lipinski definition) is 0. The van der Waals surface area contributed by atoms with Crippen LogP contribution in [0.2, 0.25) is 0 Å². The summed E-state index contributed by atoms with van der Waals surface area (Å²) in [6.07, 6.45) is 3.87. The molecule has 0 bridgehead atoms. The van der Waals surface area contributed by atoms with Gasteiger partial charge >= 0.3 is 0 Å². The zero-order valence-corrected chi connectivity index (χ0v) is 13.4. The maximum absolute atomic E-state index is 2.34. The molecule has 0 fully saturated rings. The molecule has 1 atom stereocenters. The fraction of sp³-hybridized carbons (Fsp3) is 0.300. The molecule has 0 heterocycles. The van der Waals surface area contributed by atoms with E-state index in [4.69, 9.17) is 0 Å². The highest BCUT2D eigenvalue weighted by Crippen LogP contribution is 2.42. The summed E-state index contributed by atoms with van der Waals surface area (Å²) in [6, 6.07) is 21.8. The highest BCUT2D eigenvalue weighted by molar-refractivity contribution is 8.02. The van der Waals surface area contributed by atoms with Crippen LogP contribution in [-0.4, -0.2) is 0 Å². The summed E-state index contributed by atoms with van der Waals surface area (Å²) in [5, 5.41) is 0. The number of thioether (sulfide) groups is 1. The minimum absolute atomic E-state index is 0.623. The van der Waals surface area contributed by atoms with Gasteiger partial charge in [-0.05, 0) is 42.2 Å². The van der Waals surface area contributed by atoms with Crippen molar-refractivity contribution in [2.45, 2.75) is 37.9 Å². The average Bonchev–Trinajstić information content (AvgIpc) is 2.56. The van der Waals surface area contributed by atoms with E-state index in [1.54, 1.807) is 10.5 Å². The second-order valence-electron chi connectivity index (χ2n) is 5.74. The van der Waals surface area contributed by atoms with Gasteiger partial charge in [0, 0.05) is 11.7 Å². The molecule has 0 N–H and O–H groups in total. The van der Waals surface area contributed by atoms with Crippen LogP contribution < -0.4 is 0 Å². The summed E-state index contributed by atoms with van der Waals surface area (Å²) in [5.41, 5.74) is 4.49. The van der Waals surface area contributed by atoms with E-state index < -0.39 is 0 Å². The molecule has 3 rings (SSSR count). The lowest BCUT2D eigenvalue weighted by Crippen LogP contribution is -2.08. The Bertz CT molecular complexity index is 598. The van der Waals surface area contributed by atoms with Crippen molar-refractivity contribution in [2.75, 3.05) is 0 Å². The molecule has 2 aromatic carbocycles. The zero-order chi connectivity index (χ0) is 14.5. The molecule has 0 saturated carbocycles. The highest BCUT2D eigenvalue weighted by atomic mass is 32.2. The Balaban J connectivity index is 1.74. The van der Waals surface area contributed by atoms with Gasteiger partial charge in [-0.15, -0.1) is 11.8 Å². The quantitative estimate of drug-likeness (QED) is 0.650. The van der Waals surface area contributed by atoms with Crippen molar-refractivity contribution in [3.8, 4) is 0 Å². The fourth-order valence-electron chi connectivity index (χ4n) is 3.11. The Morgan fingerprint density at radius 2 is 1.62 bits per heavy atom. The van der Waals surface area contributed by atoms with Crippen molar-refractivity contribution in [3.05, 3.63) is 82.3 Å². The molecule has 0 spiro atoms. The number of benzene rings is 2. The SMILES string of the molecule is CC1=C(SCc2ccccc2)CCCC1c1ccccc1. The summed E-state index contributed by atoms with van der Waals surface area (Å²) < 4.78 is 0. The largest absolute Gasteiger partial charge is 0.126 e. The number of rotatable bonds is 4.